The van der Waals surface area contributed by atoms with Gasteiger partial charge in [-0.05, 0) is 110 Å². The second kappa shape index (κ2) is 14.2. The van der Waals surface area contributed by atoms with E-state index in [0.717, 1.165) is 24.1 Å². The minimum atomic E-state index is -0.306. The molecule has 0 aliphatic rings. The van der Waals surface area contributed by atoms with Crippen molar-refractivity contribution in [1.82, 2.24) is 18.7 Å². The maximum Gasteiger partial charge on any atom is 0.124 e. The monoisotopic (exact) mass is 834 g/mol. The van der Waals surface area contributed by atoms with E-state index in [0.29, 0.717) is 5.92 Å². The highest BCUT2D eigenvalue weighted by Crippen LogP contribution is 2.48. The van der Waals surface area contributed by atoms with Crippen LogP contribution in [0, 0.1) is 5.92 Å². The Balaban J connectivity index is 1.06. The number of hydrogen-bond donors (Lipinski definition) is 0. The van der Waals surface area contributed by atoms with Gasteiger partial charge in [-0.1, -0.05) is 125 Å². The number of hydrogen-bond acceptors (Lipinski definition) is 2. The Labute approximate surface area is 371 Å². The number of thiophene rings is 1. The summed E-state index contributed by atoms with van der Waals surface area (Å²) in [6.45, 7) is 12.0. The lowest BCUT2D eigenvalue weighted by Crippen LogP contribution is -2.38. The molecule has 12 rings (SSSR count). The first kappa shape index (κ1) is 38.0. The van der Waals surface area contributed by atoms with E-state index in [2.05, 4.69) is 211 Å². The quantitative estimate of drug-likeness (QED) is 0.142. The van der Waals surface area contributed by atoms with Crippen LogP contribution in [-0.2, 0) is 11.1 Å². The maximum atomic E-state index is 4.68. The van der Waals surface area contributed by atoms with E-state index in [4.69, 9.17) is 0 Å². The highest BCUT2D eigenvalue weighted by Gasteiger charge is 2.39. The second-order valence-corrected chi connectivity index (χ2v) is 18.9. The first-order chi connectivity index (χ1) is 30.9. The Hall–Kier alpha value is -6.69. The third-order valence-corrected chi connectivity index (χ3v) is 16.2. The zero-order chi connectivity index (χ0) is 42.6. The number of nitrogens with zero attached hydrogens (tertiary/aromatic N) is 4. The molecule has 0 radical (unpaired) electrons. The first-order valence-corrected chi connectivity index (χ1v) is 23.6. The van der Waals surface area contributed by atoms with Crippen LogP contribution in [0.15, 0.2) is 170 Å². The fraction of sp³-hybridized carbons (Fsp3) is 0.190. The second-order valence-electron chi connectivity index (χ2n) is 17.9. The predicted molar refractivity (Wildman–Crippen MR) is 270 cm³/mol. The molecule has 5 aromatic heterocycles. The summed E-state index contributed by atoms with van der Waals surface area (Å²) in [7, 11) is 0. The molecule has 63 heavy (non-hydrogen) atoms. The molecule has 0 fully saturated rings. The fourth-order valence-electron chi connectivity index (χ4n) is 11.6. The average Bonchev–Trinajstić information content (AvgIpc) is 4.08. The molecule has 7 aromatic carbocycles. The SMILES string of the molecule is CCC(C)C(C)(c1ccc2c(c1)c1ccccc1n2C(CC)(CC)c1ccc2c(c1)c1ccccc1n2-c1ccc2c(c1)sc1ncccc12)n1c2ccccc2c2ccccc21. The van der Waals surface area contributed by atoms with Gasteiger partial charge in [-0.25, -0.2) is 4.98 Å². The Kier molecular flexibility index (Phi) is 8.55. The molecule has 0 amide bonds. The number of benzene rings is 7. The van der Waals surface area contributed by atoms with E-state index in [9.17, 15) is 0 Å². The van der Waals surface area contributed by atoms with Gasteiger partial charge in [0.25, 0.3) is 0 Å². The van der Waals surface area contributed by atoms with Crippen LogP contribution in [0.1, 0.15) is 65.0 Å². The van der Waals surface area contributed by atoms with Crippen molar-refractivity contribution in [2.45, 2.75) is 65.0 Å². The maximum absolute atomic E-state index is 4.68. The van der Waals surface area contributed by atoms with Gasteiger partial charge < -0.3 is 13.7 Å². The molecule has 2 atom stereocenters. The molecule has 0 N–H and O–H groups in total. The van der Waals surface area contributed by atoms with Gasteiger partial charge in [-0.3, -0.25) is 0 Å². The van der Waals surface area contributed by atoms with E-state index < -0.39 is 0 Å². The molecule has 2 unspecified atom stereocenters. The zero-order valence-electron chi connectivity index (χ0n) is 36.6. The fourth-order valence-corrected chi connectivity index (χ4v) is 12.7. The van der Waals surface area contributed by atoms with Gasteiger partial charge in [-0.15, -0.1) is 11.3 Å². The van der Waals surface area contributed by atoms with Gasteiger partial charge in [-0.2, -0.15) is 0 Å². The van der Waals surface area contributed by atoms with Gasteiger partial charge in [0.2, 0.25) is 0 Å². The molecule has 0 saturated heterocycles. The number of rotatable bonds is 9. The number of pyridine rings is 1. The molecule has 0 aliphatic heterocycles. The van der Waals surface area contributed by atoms with Gasteiger partial charge in [0.15, 0.2) is 0 Å². The number of aromatic nitrogens is 4. The van der Waals surface area contributed by atoms with Crippen LogP contribution in [0.3, 0.4) is 0 Å². The van der Waals surface area contributed by atoms with Crippen LogP contribution in [0.4, 0.5) is 0 Å². The molecule has 5 heteroatoms. The molecule has 0 bridgehead atoms. The normalized spacial score (nSPS) is 14.0. The molecule has 0 saturated carbocycles. The molecular formula is C58H50N4S. The molecule has 308 valence electrons. The summed E-state index contributed by atoms with van der Waals surface area (Å²) in [5.74, 6) is 0.366. The summed E-state index contributed by atoms with van der Waals surface area (Å²) in [4.78, 5) is 5.77. The van der Waals surface area contributed by atoms with Gasteiger partial charge >= 0.3 is 0 Å². The van der Waals surface area contributed by atoms with Crippen LogP contribution >= 0.6 is 11.3 Å². The topological polar surface area (TPSA) is 27.7 Å². The lowest BCUT2D eigenvalue weighted by molar-refractivity contribution is 0.270. The van der Waals surface area contributed by atoms with Gasteiger partial charge in [0, 0.05) is 81.7 Å². The van der Waals surface area contributed by atoms with Crippen molar-refractivity contribution in [2.24, 2.45) is 5.92 Å². The number of para-hydroxylation sites is 4. The minimum absolute atomic E-state index is 0.296. The van der Waals surface area contributed by atoms with Crippen molar-refractivity contribution in [3.05, 3.63) is 181 Å². The van der Waals surface area contributed by atoms with Crippen molar-refractivity contribution in [3.63, 3.8) is 0 Å². The predicted octanol–water partition coefficient (Wildman–Crippen LogP) is 16.1. The van der Waals surface area contributed by atoms with Gasteiger partial charge in [0.05, 0.1) is 22.1 Å². The summed E-state index contributed by atoms with van der Waals surface area (Å²) < 4.78 is 9.07. The van der Waals surface area contributed by atoms with E-state index in [1.165, 1.54) is 97.7 Å². The molecular weight excluding hydrogens is 785 g/mol. The Morgan fingerprint density at radius 1 is 0.492 bits per heavy atom. The summed E-state index contributed by atoms with van der Waals surface area (Å²) in [5.41, 5.74) is 10.8. The van der Waals surface area contributed by atoms with Crippen LogP contribution in [-0.4, -0.2) is 18.7 Å². The molecule has 5 heterocycles. The van der Waals surface area contributed by atoms with Crippen molar-refractivity contribution in [1.29, 1.82) is 0 Å². The molecule has 0 spiro atoms. The molecule has 4 nitrogen and oxygen atoms in total. The van der Waals surface area contributed by atoms with Crippen molar-refractivity contribution < 1.29 is 0 Å². The number of fused-ring (bicyclic) bond motifs is 12. The van der Waals surface area contributed by atoms with Crippen LogP contribution < -0.4 is 0 Å². The Bertz CT molecular complexity index is 3710. The van der Waals surface area contributed by atoms with Crippen LogP contribution in [0.2, 0.25) is 0 Å². The van der Waals surface area contributed by atoms with Crippen molar-refractivity contribution >= 4 is 97.1 Å². The summed E-state index contributed by atoms with van der Waals surface area (Å²) in [6, 6.07) is 61.9. The van der Waals surface area contributed by atoms with Crippen molar-refractivity contribution in [3.8, 4) is 5.69 Å². The van der Waals surface area contributed by atoms with E-state index in [-0.39, 0.29) is 11.1 Å². The third-order valence-electron chi connectivity index (χ3n) is 15.2. The lowest BCUT2D eigenvalue weighted by Gasteiger charge is -2.40. The summed E-state index contributed by atoms with van der Waals surface area (Å²) in [5, 5.41) is 10.3. The van der Waals surface area contributed by atoms with Gasteiger partial charge in [0.1, 0.15) is 4.83 Å². The van der Waals surface area contributed by atoms with E-state index in [1.807, 2.05) is 12.3 Å². The summed E-state index contributed by atoms with van der Waals surface area (Å²) >= 11 is 1.77. The zero-order valence-corrected chi connectivity index (χ0v) is 37.4. The molecule has 0 aliphatic carbocycles. The largest absolute Gasteiger partial charge is 0.330 e. The average molecular weight is 835 g/mol. The van der Waals surface area contributed by atoms with E-state index in [1.54, 1.807) is 11.3 Å². The van der Waals surface area contributed by atoms with Crippen LogP contribution in [0.25, 0.3) is 91.4 Å². The third kappa shape index (κ3) is 5.23. The van der Waals surface area contributed by atoms with Crippen molar-refractivity contribution in [2.75, 3.05) is 0 Å². The Morgan fingerprint density at radius 3 is 1.67 bits per heavy atom. The highest BCUT2D eigenvalue weighted by molar-refractivity contribution is 7.25. The highest BCUT2D eigenvalue weighted by atomic mass is 32.1. The smallest absolute Gasteiger partial charge is 0.124 e. The van der Waals surface area contributed by atoms with E-state index >= 15 is 0 Å². The Morgan fingerprint density at radius 2 is 1.00 bits per heavy atom. The molecule has 12 aromatic rings. The lowest BCUT2D eigenvalue weighted by atomic mass is 9.78. The van der Waals surface area contributed by atoms with Crippen LogP contribution in [0.5, 0.6) is 0 Å². The standard InChI is InChI=1S/C58H50N4S/c1-6-37(4)57(5,61-51-24-14-10-18-41(51)42-19-11-15-25-52(42)61)38-27-32-54-48(34-38)44-21-12-16-26-53(44)62(54)58(7-2,8-3)39-28-31-50-47(35-39)43-20-9-13-23-49(43)60(50)40-29-30-45-46-22-17-33-59-56(46)63-55(45)36-40/h9-37H,6-8H2,1-5H3. The minimum Gasteiger partial charge on any atom is -0.330 e. The first-order valence-electron chi connectivity index (χ1n) is 22.7. The summed E-state index contributed by atoms with van der Waals surface area (Å²) in [6.07, 6.45) is 4.85.